The van der Waals surface area contributed by atoms with Crippen molar-refractivity contribution < 1.29 is 28.9 Å². The van der Waals surface area contributed by atoms with E-state index in [4.69, 9.17) is 9.47 Å². The predicted octanol–water partition coefficient (Wildman–Crippen LogP) is 0.212. The first-order valence-electron chi connectivity index (χ1n) is 5.43. The van der Waals surface area contributed by atoms with Crippen LogP contribution in [0.4, 0.5) is 0 Å². The molecule has 0 spiro atoms. The molecule has 0 radical (unpaired) electrons. The number of rotatable bonds is 9. The van der Waals surface area contributed by atoms with Crippen LogP contribution in [0.2, 0.25) is 0 Å². The van der Waals surface area contributed by atoms with Gasteiger partial charge in [-0.2, -0.15) is 0 Å². The molecule has 1 unspecified atom stereocenters. The van der Waals surface area contributed by atoms with Crippen LogP contribution < -0.4 is 0 Å². The number of carbonyl (C=O) groups is 2. The molecular weight excluding hydrogens is 240 g/mol. The third kappa shape index (κ3) is 6.82. The fraction of sp³-hybridized carbons (Fsp3) is 0.500. The van der Waals surface area contributed by atoms with Crippen molar-refractivity contribution >= 4 is 11.9 Å². The molecule has 1 atom stereocenters. The molecular formula is C12H18O6. The van der Waals surface area contributed by atoms with Crippen LogP contribution in [0, 0.1) is 0 Å². The zero-order valence-corrected chi connectivity index (χ0v) is 10.4. The Morgan fingerprint density at radius 3 is 2.56 bits per heavy atom. The van der Waals surface area contributed by atoms with Gasteiger partial charge >= 0.3 is 11.9 Å². The Kier molecular flexibility index (Phi) is 8.51. The van der Waals surface area contributed by atoms with Gasteiger partial charge in [-0.25, -0.2) is 9.59 Å². The number of aliphatic hydroxyl groups is 1. The standard InChI is InChI=1S/C12H18O6/c1-4-11(14)18-8-10(13)9(3)12(15)17-7-6-16-5-2/h4,10,13H,1,3,5-8H2,2H3. The zero-order valence-electron chi connectivity index (χ0n) is 10.4. The van der Waals surface area contributed by atoms with Crippen molar-refractivity contribution in [2.45, 2.75) is 13.0 Å². The molecule has 0 saturated carbocycles. The Bertz CT molecular complexity index is 310. The van der Waals surface area contributed by atoms with Crippen molar-refractivity contribution in [2.75, 3.05) is 26.4 Å². The van der Waals surface area contributed by atoms with E-state index >= 15 is 0 Å². The zero-order chi connectivity index (χ0) is 14.0. The number of aliphatic hydroxyl groups excluding tert-OH is 1. The fourth-order valence-corrected chi connectivity index (χ4v) is 0.887. The highest BCUT2D eigenvalue weighted by Crippen LogP contribution is 2.03. The number of carbonyl (C=O) groups excluding carboxylic acids is 2. The maximum Gasteiger partial charge on any atom is 0.336 e. The highest BCUT2D eigenvalue weighted by atomic mass is 16.6. The molecule has 0 fully saturated rings. The molecule has 0 aliphatic rings. The van der Waals surface area contributed by atoms with Crippen LogP contribution in [0.25, 0.3) is 0 Å². The van der Waals surface area contributed by atoms with E-state index in [2.05, 4.69) is 17.9 Å². The summed E-state index contributed by atoms with van der Waals surface area (Å²) in [6.07, 6.45) is -0.343. The Hall–Kier alpha value is -1.66. The van der Waals surface area contributed by atoms with Crippen LogP contribution in [0.15, 0.2) is 24.8 Å². The summed E-state index contributed by atoms with van der Waals surface area (Å²) in [7, 11) is 0. The van der Waals surface area contributed by atoms with E-state index in [1.54, 1.807) is 0 Å². The van der Waals surface area contributed by atoms with E-state index in [9.17, 15) is 14.7 Å². The average Bonchev–Trinajstić information content (AvgIpc) is 2.39. The normalized spacial score (nSPS) is 11.4. The second-order valence-corrected chi connectivity index (χ2v) is 3.21. The molecule has 102 valence electrons. The number of hydrogen-bond acceptors (Lipinski definition) is 6. The second-order valence-electron chi connectivity index (χ2n) is 3.21. The van der Waals surface area contributed by atoms with E-state index in [0.29, 0.717) is 6.61 Å². The van der Waals surface area contributed by atoms with Gasteiger partial charge in [-0.15, -0.1) is 0 Å². The van der Waals surface area contributed by atoms with Crippen molar-refractivity contribution in [3.05, 3.63) is 24.8 Å². The van der Waals surface area contributed by atoms with Gasteiger partial charge in [0, 0.05) is 12.7 Å². The van der Waals surface area contributed by atoms with E-state index in [0.717, 1.165) is 6.08 Å². The minimum absolute atomic E-state index is 0.0743. The molecule has 0 aromatic heterocycles. The van der Waals surface area contributed by atoms with Gasteiger partial charge in [0.05, 0.1) is 12.2 Å². The molecule has 0 aromatic carbocycles. The molecule has 6 heteroatoms. The molecule has 0 rings (SSSR count). The lowest BCUT2D eigenvalue weighted by molar-refractivity contribution is -0.145. The highest BCUT2D eigenvalue weighted by Gasteiger charge is 2.19. The number of hydrogen-bond donors (Lipinski definition) is 1. The van der Waals surface area contributed by atoms with Crippen LogP contribution in [0.5, 0.6) is 0 Å². The van der Waals surface area contributed by atoms with Crippen molar-refractivity contribution in [1.82, 2.24) is 0 Å². The Labute approximate surface area is 106 Å². The van der Waals surface area contributed by atoms with Gasteiger partial charge in [-0.1, -0.05) is 13.2 Å². The quantitative estimate of drug-likeness (QED) is 0.362. The summed E-state index contributed by atoms with van der Waals surface area (Å²) < 4.78 is 14.3. The predicted molar refractivity (Wildman–Crippen MR) is 63.8 cm³/mol. The molecule has 18 heavy (non-hydrogen) atoms. The summed E-state index contributed by atoms with van der Waals surface area (Å²) >= 11 is 0. The summed E-state index contributed by atoms with van der Waals surface area (Å²) in [5.74, 6) is -1.44. The first kappa shape index (κ1) is 16.3. The lowest BCUT2D eigenvalue weighted by atomic mass is 10.2. The van der Waals surface area contributed by atoms with E-state index in [1.807, 2.05) is 6.92 Å². The van der Waals surface area contributed by atoms with Gasteiger partial charge in [-0.05, 0) is 6.92 Å². The molecule has 1 N–H and O–H groups in total. The van der Waals surface area contributed by atoms with Crippen molar-refractivity contribution in [3.8, 4) is 0 Å². The molecule has 6 nitrogen and oxygen atoms in total. The van der Waals surface area contributed by atoms with Gasteiger partial charge in [0.25, 0.3) is 0 Å². The van der Waals surface area contributed by atoms with Gasteiger partial charge in [0.2, 0.25) is 0 Å². The van der Waals surface area contributed by atoms with Crippen LogP contribution in [0.3, 0.4) is 0 Å². The Morgan fingerprint density at radius 2 is 2.00 bits per heavy atom. The molecule has 0 aliphatic heterocycles. The summed E-state index contributed by atoms with van der Waals surface area (Å²) in [6.45, 7) is 8.89. The van der Waals surface area contributed by atoms with Crippen molar-refractivity contribution in [2.24, 2.45) is 0 Å². The maximum absolute atomic E-state index is 11.4. The lowest BCUT2D eigenvalue weighted by Gasteiger charge is -2.12. The van der Waals surface area contributed by atoms with Gasteiger partial charge in [0.1, 0.15) is 19.3 Å². The van der Waals surface area contributed by atoms with Crippen molar-refractivity contribution in [1.29, 1.82) is 0 Å². The molecule has 0 bridgehead atoms. The number of ether oxygens (including phenoxy) is 3. The third-order valence-corrected chi connectivity index (χ3v) is 1.88. The topological polar surface area (TPSA) is 82.1 Å². The minimum Gasteiger partial charge on any atom is -0.460 e. The Morgan fingerprint density at radius 1 is 1.33 bits per heavy atom. The van der Waals surface area contributed by atoms with Crippen molar-refractivity contribution in [3.63, 3.8) is 0 Å². The molecule has 0 saturated heterocycles. The molecule has 0 aromatic rings. The van der Waals surface area contributed by atoms with E-state index in [-0.39, 0.29) is 25.4 Å². The van der Waals surface area contributed by atoms with Gasteiger partial charge < -0.3 is 19.3 Å². The fourth-order valence-electron chi connectivity index (χ4n) is 0.887. The summed E-state index contributed by atoms with van der Waals surface area (Å²) in [6, 6.07) is 0. The van der Waals surface area contributed by atoms with Gasteiger partial charge in [0.15, 0.2) is 0 Å². The van der Waals surface area contributed by atoms with Gasteiger partial charge in [-0.3, -0.25) is 0 Å². The third-order valence-electron chi connectivity index (χ3n) is 1.88. The molecule has 0 aliphatic carbocycles. The Balaban J connectivity index is 3.93. The highest BCUT2D eigenvalue weighted by molar-refractivity contribution is 5.89. The number of esters is 2. The molecule has 0 amide bonds. The SMILES string of the molecule is C=CC(=O)OCC(O)C(=C)C(=O)OCCOCC. The second kappa shape index (κ2) is 9.38. The van der Waals surface area contributed by atoms with Crippen LogP contribution in [-0.4, -0.2) is 49.6 Å². The van der Waals surface area contributed by atoms with Crippen LogP contribution in [0.1, 0.15) is 6.92 Å². The van der Waals surface area contributed by atoms with E-state index < -0.39 is 18.0 Å². The summed E-state index contributed by atoms with van der Waals surface area (Å²) in [4.78, 5) is 22.1. The van der Waals surface area contributed by atoms with Crippen LogP contribution in [-0.2, 0) is 23.8 Å². The first-order valence-corrected chi connectivity index (χ1v) is 5.43. The summed E-state index contributed by atoms with van der Waals surface area (Å²) in [5, 5.41) is 9.49. The monoisotopic (exact) mass is 258 g/mol. The van der Waals surface area contributed by atoms with E-state index in [1.165, 1.54) is 0 Å². The van der Waals surface area contributed by atoms with Crippen LogP contribution >= 0.6 is 0 Å². The molecule has 0 heterocycles. The first-order chi connectivity index (χ1) is 8.52. The smallest absolute Gasteiger partial charge is 0.336 e. The maximum atomic E-state index is 11.4. The largest absolute Gasteiger partial charge is 0.460 e. The lowest BCUT2D eigenvalue weighted by Crippen LogP contribution is -2.26. The average molecular weight is 258 g/mol. The minimum atomic E-state index is -1.30. The summed E-state index contributed by atoms with van der Waals surface area (Å²) in [5.41, 5.74) is -0.177.